The van der Waals surface area contributed by atoms with Crippen LogP contribution in [0.5, 0.6) is 5.75 Å². The highest BCUT2D eigenvalue weighted by Gasteiger charge is 2.12. The number of ketones is 1. The first-order valence-electron chi connectivity index (χ1n) is 6.25. The molecule has 19 heavy (non-hydrogen) atoms. The van der Waals surface area contributed by atoms with E-state index in [1.54, 1.807) is 18.2 Å². The second-order valence-corrected chi connectivity index (χ2v) is 5.16. The molecule has 0 aromatic heterocycles. The topological polar surface area (TPSA) is 58.6 Å². The van der Waals surface area contributed by atoms with E-state index in [-0.39, 0.29) is 12.4 Å². The first kappa shape index (κ1) is 16.0. The zero-order valence-corrected chi connectivity index (χ0v) is 12.2. The Kier molecular flexibility index (Phi) is 6.28. The van der Waals surface area contributed by atoms with Crippen LogP contribution in [0.3, 0.4) is 0 Å². The lowest BCUT2D eigenvalue weighted by Crippen LogP contribution is -2.35. The summed E-state index contributed by atoms with van der Waals surface area (Å²) < 4.78 is 5.48. The Hall–Kier alpha value is -1.10. The third-order valence-corrected chi connectivity index (χ3v) is 2.75. The summed E-state index contributed by atoms with van der Waals surface area (Å²) in [7, 11) is 0. The average Bonchev–Trinajstić information content (AvgIpc) is 2.34. The van der Waals surface area contributed by atoms with Crippen LogP contribution in [0.15, 0.2) is 18.2 Å². The molecule has 1 unspecified atom stereocenters. The van der Waals surface area contributed by atoms with Crippen molar-refractivity contribution in [3.8, 4) is 5.75 Å². The summed E-state index contributed by atoms with van der Waals surface area (Å²) >= 11 is 5.84. The Morgan fingerprint density at radius 1 is 1.47 bits per heavy atom. The van der Waals surface area contributed by atoms with E-state index in [2.05, 4.69) is 5.32 Å². The van der Waals surface area contributed by atoms with E-state index in [9.17, 15) is 9.90 Å². The number of Topliss-reactive ketones (excluding diaryl/α,β-unsaturated/α-hetero) is 1. The molecule has 0 aliphatic heterocycles. The molecule has 1 rings (SSSR count). The van der Waals surface area contributed by atoms with E-state index >= 15 is 0 Å². The molecule has 4 nitrogen and oxygen atoms in total. The molecule has 1 aromatic carbocycles. The van der Waals surface area contributed by atoms with Gasteiger partial charge in [0.1, 0.15) is 18.5 Å². The molecule has 0 saturated carbocycles. The summed E-state index contributed by atoms with van der Waals surface area (Å²) in [5.74, 6) is 0.327. The number of carbonyl (C=O) groups is 1. The summed E-state index contributed by atoms with van der Waals surface area (Å²) in [5.41, 5.74) is 0.427. The third-order valence-electron chi connectivity index (χ3n) is 2.51. The van der Waals surface area contributed by atoms with Gasteiger partial charge in [-0.3, -0.25) is 4.79 Å². The Morgan fingerprint density at radius 3 is 2.74 bits per heavy atom. The van der Waals surface area contributed by atoms with Crippen LogP contribution < -0.4 is 10.1 Å². The first-order valence-corrected chi connectivity index (χ1v) is 6.62. The number of halogens is 1. The maximum absolute atomic E-state index is 11.5. The summed E-state index contributed by atoms with van der Waals surface area (Å²) in [6.45, 7) is 6.03. The van der Waals surface area contributed by atoms with Gasteiger partial charge in [0.05, 0.1) is 5.56 Å². The van der Waals surface area contributed by atoms with Crippen molar-refractivity contribution in [3.05, 3.63) is 28.8 Å². The van der Waals surface area contributed by atoms with E-state index in [4.69, 9.17) is 16.3 Å². The largest absolute Gasteiger partial charge is 0.490 e. The zero-order valence-electron chi connectivity index (χ0n) is 11.4. The fourth-order valence-electron chi connectivity index (χ4n) is 1.52. The SMILES string of the molecule is CC(=O)c1cc(Cl)ccc1OCC(O)CNC(C)C. The van der Waals surface area contributed by atoms with Gasteiger partial charge in [-0.15, -0.1) is 0 Å². The van der Waals surface area contributed by atoms with Gasteiger partial charge < -0.3 is 15.2 Å². The average molecular weight is 286 g/mol. The van der Waals surface area contributed by atoms with Crippen molar-refractivity contribution in [2.45, 2.75) is 32.9 Å². The molecule has 1 atom stereocenters. The number of ether oxygens (including phenoxy) is 1. The van der Waals surface area contributed by atoms with Crippen molar-refractivity contribution in [1.29, 1.82) is 0 Å². The van der Waals surface area contributed by atoms with Gasteiger partial charge in [-0.2, -0.15) is 0 Å². The highest BCUT2D eigenvalue weighted by atomic mass is 35.5. The van der Waals surface area contributed by atoms with Crippen molar-refractivity contribution >= 4 is 17.4 Å². The van der Waals surface area contributed by atoms with Crippen LogP contribution in [0.1, 0.15) is 31.1 Å². The van der Waals surface area contributed by atoms with Gasteiger partial charge in [0.25, 0.3) is 0 Å². The lowest BCUT2D eigenvalue weighted by molar-refractivity contribution is 0.0968. The molecule has 5 heteroatoms. The lowest BCUT2D eigenvalue weighted by atomic mass is 10.1. The van der Waals surface area contributed by atoms with Gasteiger partial charge >= 0.3 is 0 Å². The molecule has 0 spiro atoms. The summed E-state index contributed by atoms with van der Waals surface area (Å²) in [6, 6.07) is 5.17. The van der Waals surface area contributed by atoms with Crippen LogP contribution in [0.4, 0.5) is 0 Å². The molecule has 0 fully saturated rings. The Bertz CT molecular complexity index is 435. The molecule has 0 radical (unpaired) electrons. The number of benzene rings is 1. The van der Waals surface area contributed by atoms with Crippen LogP contribution in [-0.2, 0) is 0 Å². The molecular formula is C14H20ClNO3. The predicted octanol–water partition coefficient (Wildman–Crippen LogP) is 2.28. The number of carbonyl (C=O) groups excluding carboxylic acids is 1. The number of rotatable bonds is 7. The molecule has 106 valence electrons. The van der Waals surface area contributed by atoms with Crippen LogP contribution in [-0.4, -0.2) is 36.2 Å². The van der Waals surface area contributed by atoms with Crippen LogP contribution in [0, 0.1) is 0 Å². The molecule has 1 aromatic rings. The first-order chi connectivity index (χ1) is 8.90. The van der Waals surface area contributed by atoms with E-state index < -0.39 is 6.10 Å². The molecule has 0 saturated heterocycles. The van der Waals surface area contributed by atoms with Gasteiger partial charge in [0, 0.05) is 17.6 Å². The monoisotopic (exact) mass is 285 g/mol. The Balaban J connectivity index is 2.60. The van der Waals surface area contributed by atoms with Crippen molar-refractivity contribution in [2.75, 3.05) is 13.2 Å². The molecule has 2 N–H and O–H groups in total. The van der Waals surface area contributed by atoms with Gasteiger partial charge in [0.15, 0.2) is 5.78 Å². The van der Waals surface area contributed by atoms with Gasteiger partial charge in [-0.25, -0.2) is 0 Å². The summed E-state index contributed by atoms with van der Waals surface area (Å²) in [5, 5.41) is 13.3. The zero-order chi connectivity index (χ0) is 14.4. The standard InChI is InChI=1S/C14H20ClNO3/c1-9(2)16-7-12(18)8-19-14-5-4-11(15)6-13(14)10(3)17/h4-6,9,12,16,18H,7-8H2,1-3H3. The van der Waals surface area contributed by atoms with E-state index in [1.165, 1.54) is 6.92 Å². The smallest absolute Gasteiger partial charge is 0.163 e. The van der Waals surface area contributed by atoms with Crippen molar-refractivity contribution in [1.82, 2.24) is 5.32 Å². The van der Waals surface area contributed by atoms with Crippen molar-refractivity contribution in [3.63, 3.8) is 0 Å². The summed E-state index contributed by atoms with van der Waals surface area (Å²) in [6.07, 6.45) is -0.627. The number of hydrogen-bond donors (Lipinski definition) is 2. The van der Waals surface area contributed by atoms with E-state index in [0.717, 1.165) is 0 Å². The van der Waals surface area contributed by atoms with Gasteiger partial charge in [-0.05, 0) is 25.1 Å². The summed E-state index contributed by atoms with van der Waals surface area (Å²) in [4.78, 5) is 11.5. The van der Waals surface area contributed by atoms with Gasteiger partial charge in [-0.1, -0.05) is 25.4 Å². The van der Waals surface area contributed by atoms with Crippen LogP contribution in [0.2, 0.25) is 5.02 Å². The predicted molar refractivity (Wildman–Crippen MR) is 76.1 cm³/mol. The highest BCUT2D eigenvalue weighted by molar-refractivity contribution is 6.31. The molecular weight excluding hydrogens is 266 g/mol. The molecule has 0 heterocycles. The van der Waals surface area contributed by atoms with Crippen molar-refractivity contribution < 1.29 is 14.6 Å². The number of aliphatic hydroxyl groups is 1. The Morgan fingerprint density at radius 2 is 2.16 bits per heavy atom. The minimum atomic E-state index is -0.627. The minimum absolute atomic E-state index is 0.118. The quantitative estimate of drug-likeness (QED) is 0.755. The van der Waals surface area contributed by atoms with Crippen LogP contribution >= 0.6 is 11.6 Å². The lowest BCUT2D eigenvalue weighted by Gasteiger charge is -2.16. The maximum atomic E-state index is 11.5. The van der Waals surface area contributed by atoms with E-state index in [1.807, 2.05) is 13.8 Å². The number of hydrogen-bond acceptors (Lipinski definition) is 4. The molecule has 0 bridgehead atoms. The van der Waals surface area contributed by atoms with Crippen molar-refractivity contribution in [2.24, 2.45) is 0 Å². The number of aliphatic hydroxyl groups excluding tert-OH is 1. The molecule has 0 amide bonds. The van der Waals surface area contributed by atoms with E-state index in [0.29, 0.717) is 28.9 Å². The maximum Gasteiger partial charge on any atom is 0.163 e. The second-order valence-electron chi connectivity index (χ2n) is 4.72. The third kappa shape index (κ3) is 5.59. The molecule has 0 aliphatic carbocycles. The fourth-order valence-corrected chi connectivity index (χ4v) is 1.69. The fraction of sp³-hybridized carbons (Fsp3) is 0.500. The van der Waals surface area contributed by atoms with Crippen LogP contribution in [0.25, 0.3) is 0 Å². The normalized spacial score (nSPS) is 12.5. The molecule has 0 aliphatic rings. The minimum Gasteiger partial charge on any atom is -0.490 e. The van der Waals surface area contributed by atoms with Gasteiger partial charge in [0.2, 0.25) is 0 Å². The second kappa shape index (κ2) is 7.48. The Labute approximate surface area is 118 Å². The highest BCUT2D eigenvalue weighted by Crippen LogP contribution is 2.23. The number of nitrogens with one attached hydrogen (secondary N) is 1.